The minimum atomic E-state index is -2.14. The number of aryl methyl sites for hydroxylation is 1. The van der Waals surface area contributed by atoms with Crippen molar-refractivity contribution in [2.24, 2.45) is 0 Å². The quantitative estimate of drug-likeness (QED) is 0.0289. The second-order valence-electron chi connectivity index (χ2n) is 19.1. The van der Waals surface area contributed by atoms with E-state index >= 15 is 0 Å². The molecule has 5 aromatic carbocycles. The molecule has 344 valence electrons. The van der Waals surface area contributed by atoms with Gasteiger partial charge in [-0.05, 0) is 149 Å². The molecule has 5 rings (SSSR count). The van der Waals surface area contributed by atoms with Gasteiger partial charge in [0.2, 0.25) is 6.41 Å². The zero-order valence-electron chi connectivity index (χ0n) is 40.0. The molecule has 2 atom stereocenters. The second kappa shape index (κ2) is 24.4. The van der Waals surface area contributed by atoms with E-state index in [4.69, 9.17) is 13.9 Å². The van der Waals surface area contributed by atoms with E-state index in [2.05, 4.69) is 150 Å². The number of anilines is 1. The molecule has 9 heteroatoms. The minimum absolute atomic E-state index is 0.0322. The van der Waals surface area contributed by atoms with E-state index in [9.17, 15) is 9.90 Å². The zero-order valence-corrected chi connectivity index (χ0v) is 41.0. The molecular weight excluding hydrogens is 811 g/mol. The highest BCUT2D eigenvalue weighted by Crippen LogP contribution is 2.41. The molecule has 2 unspecified atom stereocenters. The first kappa shape index (κ1) is 50.1. The number of rotatable bonds is 26. The number of ether oxygens (including phenoxy) is 2. The summed E-state index contributed by atoms with van der Waals surface area (Å²) in [6.45, 7) is 23.8. The molecule has 3 N–H and O–H groups in total. The van der Waals surface area contributed by atoms with Crippen LogP contribution in [0.4, 0.5) is 5.69 Å². The van der Waals surface area contributed by atoms with Gasteiger partial charge in [0.25, 0.3) is 0 Å². The lowest BCUT2D eigenvalue weighted by Gasteiger charge is -2.39. The van der Waals surface area contributed by atoms with Gasteiger partial charge in [0.05, 0.1) is 18.4 Å². The van der Waals surface area contributed by atoms with Crippen LogP contribution in [0.15, 0.2) is 121 Å². The van der Waals surface area contributed by atoms with Crippen molar-refractivity contribution in [3.05, 3.63) is 155 Å². The van der Waals surface area contributed by atoms with E-state index in [1.807, 2.05) is 48.5 Å². The van der Waals surface area contributed by atoms with Crippen molar-refractivity contribution in [1.82, 2.24) is 10.2 Å². The van der Waals surface area contributed by atoms with Crippen molar-refractivity contribution in [2.45, 2.75) is 129 Å². The Morgan fingerprint density at radius 1 is 0.734 bits per heavy atom. The van der Waals surface area contributed by atoms with Crippen LogP contribution in [-0.4, -0.2) is 63.1 Å². The lowest BCUT2D eigenvalue weighted by Crippen LogP contribution is -2.43. The van der Waals surface area contributed by atoms with E-state index in [0.717, 1.165) is 67.6 Å². The third-order valence-corrected chi connectivity index (χ3v) is 17.2. The third kappa shape index (κ3) is 15.1. The molecule has 64 heavy (non-hydrogen) atoms. The lowest BCUT2D eigenvalue weighted by molar-refractivity contribution is -0.105. The van der Waals surface area contributed by atoms with Crippen LogP contribution in [0.2, 0.25) is 18.1 Å². The number of nitrogens with one attached hydrogen (secondary N) is 2. The number of carbonyl (C=O) groups is 1. The van der Waals surface area contributed by atoms with Crippen molar-refractivity contribution in [3.8, 4) is 17.2 Å². The maximum absolute atomic E-state index is 11.6. The van der Waals surface area contributed by atoms with Gasteiger partial charge in [0, 0.05) is 30.1 Å². The standard InChI is InChI=1S/C55H75N3O5Si/c1-41(2)58(42(3)4)34-32-49(46-21-14-11-15-22-46)50-36-44(25-29-52(50)60)18-16-17-35-61-48-27-23-43(24-28-48)31-33-56-38-54(63-64(8,9)55(5,6)7)47-26-30-53(51(37-47)57-40-59)62-39-45-19-12-10-13-20-45/h10-15,19-30,36-37,40-42,49,54,56,60H,16-18,31-35,38-39H2,1-9H3,(H,57,59). The van der Waals surface area contributed by atoms with Gasteiger partial charge in [-0.25, -0.2) is 0 Å². The van der Waals surface area contributed by atoms with Crippen molar-refractivity contribution in [2.75, 3.05) is 31.6 Å². The maximum Gasteiger partial charge on any atom is 0.211 e. The van der Waals surface area contributed by atoms with Crippen molar-refractivity contribution in [3.63, 3.8) is 0 Å². The number of benzene rings is 5. The smallest absolute Gasteiger partial charge is 0.211 e. The van der Waals surface area contributed by atoms with Gasteiger partial charge in [-0.15, -0.1) is 0 Å². The first-order valence-electron chi connectivity index (χ1n) is 23.4. The molecule has 0 bridgehead atoms. The minimum Gasteiger partial charge on any atom is -0.508 e. The number of carbonyl (C=O) groups excluding carboxylic acids is 1. The number of hydrogen-bond donors (Lipinski definition) is 3. The Morgan fingerprint density at radius 2 is 1.41 bits per heavy atom. The lowest BCUT2D eigenvalue weighted by atomic mass is 9.86. The van der Waals surface area contributed by atoms with E-state index in [1.54, 1.807) is 0 Å². The molecule has 0 aliphatic carbocycles. The molecule has 0 saturated carbocycles. The predicted octanol–water partition coefficient (Wildman–Crippen LogP) is 12.5. The van der Waals surface area contributed by atoms with Crippen LogP contribution in [0.3, 0.4) is 0 Å². The number of phenols is 1. The number of hydrogen-bond acceptors (Lipinski definition) is 7. The monoisotopic (exact) mass is 886 g/mol. The Hall–Kier alpha value is -4.93. The summed E-state index contributed by atoms with van der Waals surface area (Å²) in [7, 11) is -2.14. The van der Waals surface area contributed by atoms with Crippen LogP contribution in [0, 0.1) is 0 Å². The Morgan fingerprint density at radius 3 is 2.06 bits per heavy atom. The molecular formula is C55H75N3O5Si. The van der Waals surface area contributed by atoms with E-state index < -0.39 is 8.32 Å². The number of nitrogens with zero attached hydrogens (tertiary/aromatic N) is 1. The number of phenolic OH excluding ortho intramolecular Hbond substituents is 1. The molecule has 0 aliphatic rings. The largest absolute Gasteiger partial charge is 0.508 e. The Balaban J connectivity index is 1.11. The fraction of sp³-hybridized carbons (Fsp3) is 0.436. The van der Waals surface area contributed by atoms with Crippen LogP contribution in [0.25, 0.3) is 0 Å². The first-order valence-corrected chi connectivity index (χ1v) is 26.3. The van der Waals surface area contributed by atoms with Crippen molar-refractivity contribution in [1.29, 1.82) is 0 Å². The average molecular weight is 886 g/mol. The van der Waals surface area contributed by atoms with Gasteiger partial charge in [0.15, 0.2) is 8.32 Å². The summed E-state index contributed by atoms with van der Waals surface area (Å²) in [4.78, 5) is 14.2. The Labute approximate surface area is 385 Å². The van der Waals surface area contributed by atoms with Gasteiger partial charge < -0.3 is 29.6 Å². The van der Waals surface area contributed by atoms with Gasteiger partial charge in [0.1, 0.15) is 23.9 Å². The Kier molecular flexibility index (Phi) is 19.1. The fourth-order valence-corrected chi connectivity index (χ4v) is 9.29. The van der Waals surface area contributed by atoms with Gasteiger partial charge >= 0.3 is 0 Å². The topological polar surface area (TPSA) is 92.3 Å². The molecule has 0 aromatic heterocycles. The van der Waals surface area contributed by atoms with Gasteiger partial charge in [-0.1, -0.05) is 112 Å². The highest BCUT2D eigenvalue weighted by Gasteiger charge is 2.39. The van der Waals surface area contributed by atoms with Crippen LogP contribution >= 0.6 is 0 Å². The normalized spacial score (nSPS) is 13.0. The van der Waals surface area contributed by atoms with E-state index in [-0.39, 0.29) is 17.1 Å². The summed E-state index contributed by atoms with van der Waals surface area (Å²) < 4.78 is 19.3. The van der Waals surface area contributed by atoms with Crippen LogP contribution in [0.5, 0.6) is 17.2 Å². The predicted molar refractivity (Wildman–Crippen MR) is 267 cm³/mol. The average Bonchev–Trinajstić information content (AvgIpc) is 3.27. The van der Waals surface area contributed by atoms with E-state index in [1.165, 1.54) is 16.7 Å². The fourth-order valence-electron chi connectivity index (χ4n) is 8.00. The van der Waals surface area contributed by atoms with Crippen molar-refractivity contribution >= 4 is 20.4 Å². The number of aromatic hydroxyl groups is 1. The highest BCUT2D eigenvalue weighted by molar-refractivity contribution is 6.74. The first-order chi connectivity index (χ1) is 30.6. The van der Waals surface area contributed by atoms with Crippen LogP contribution in [0.1, 0.15) is 113 Å². The molecule has 1 amide bonds. The molecule has 0 spiro atoms. The van der Waals surface area contributed by atoms with Crippen LogP contribution < -0.4 is 20.1 Å². The second-order valence-corrected chi connectivity index (χ2v) is 23.9. The molecule has 0 radical (unpaired) electrons. The summed E-state index contributed by atoms with van der Waals surface area (Å²) in [5.74, 6) is 1.99. The molecule has 0 aliphatic heterocycles. The SMILES string of the molecule is CC(C)N(CCC(c1ccccc1)c1cc(CCCCOc2ccc(CCNCC(O[Si](C)(C)C(C)(C)C)c3ccc(OCc4ccccc4)c(NC=O)c3)cc2)ccc1O)C(C)C. The zero-order chi connectivity index (χ0) is 46.1. The van der Waals surface area contributed by atoms with E-state index in [0.29, 0.717) is 55.4 Å². The Bertz CT molecular complexity index is 2130. The third-order valence-electron chi connectivity index (χ3n) is 12.7. The molecule has 0 heterocycles. The number of amides is 1. The molecule has 0 saturated heterocycles. The molecule has 8 nitrogen and oxygen atoms in total. The van der Waals surface area contributed by atoms with Gasteiger partial charge in [-0.3, -0.25) is 9.69 Å². The molecule has 0 fully saturated rings. The van der Waals surface area contributed by atoms with Gasteiger partial charge in [-0.2, -0.15) is 0 Å². The van der Waals surface area contributed by atoms with Crippen LogP contribution in [-0.2, 0) is 28.7 Å². The van der Waals surface area contributed by atoms with Crippen molar-refractivity contribution < 1.29 is 23.8 Å². The summed E-state index contributed by atoms with van der Waals surface area (Å²) >= 11 is 0. The maximum atomic E-state index is 11.6. The number of unbranched alkanes of at least 4 members (excludes halogenated alkanes) is 1. The molecule has 5 aromatic rings. The summed E-state index contributed by atoms with van der Waals surface area (Å²) in [6.07, 6.45) is 5.17. The highest BCUT2D eigenvalue weighted by atomic mass is 28.4. The summed E-state index contributed by atoms with van der Waals surface area (Å²) in [5.41, 5.74) is 7.41. The summed E-state index contributed by atoms with van der Waals surface area (Å²) in [5, 5.41) is 17.7. The summed E-state index contributed by atoms with van der Waals surface area (Å²) in [6, 6.07) is 42.1.